The van der Waals surface area contributed by atoms with E-state index in [1.54, 1.807) is 24.4 Å². The molecule has 4 rings (SSSR count). The maximum atomic E-state index is 13.4. The summed E-state index contributed by atoms with van der Waals surface area (Å²) in [5.74, 6) is 0.493. The third-order valence-electron chi connectivity index (χ3n) is 4.63. The Balaban J connectivity index is 1.78. The van der Waals surface area contributed by atoms with Crippen LogP contribution in [0.25, 0.3) is 10.2 Å². The van der Waals surface area contributed by atoms with Crippen molar-refractivity contribution < 1.29 is 9.53 Å². The van der Waals surface area contributed by atoms with Crippen molar-refractivity contribution in [3.63, 3.8) is 0 Å². The first kappa shape index (κ1) is 19.1. The second-order valence-electron chi connectivity index (χ2n) is 6.54. The minimum Gasteiger partial charge on any atom is -0.494 e. The number of nitrogens with zero attached hydrogens (tertiary/aromatic N) is 5. The van der Waals surface area contributed by atoms with Crippen LogP contribution in [0.5, 0.6) is 5.75 Å². The molecule has 0 spiro atoms. The molecule has 8 heteroatoms. The summed E-state index contributed by atoms with van der Waals surface area (Å²) in [6.07, 6.45) is 3.47. The molecule has 0 radical (unpaired) electrons. The monoisotopic (exact) mass is 407 g/mol. The molecule has 0 aliphatic heterocycles. The molecule has 0 unspecified atom stereocenters. The molecule has 0 fully saturated rings. The van der Waals surface area contributed by atoms with Crippen molar-refractivity contribution in [1.29, 1.82) is 0 Å². The number of hydrogen-bond acceptors (Lipinski definition) is 6. The number of thiazole rings is 1. The molecule has 0 bridgehead atoms. The molecule has 29 heavy (non-hydrogen) atoms. The summed E-state index contributed by atoms with van der Waals surface area (Å²) < 4.78 is 8.21. The van der Waals surface area contributed by atoms with Crippen molar-refractivity contribution in [2.24, 2.45) is 0 Å². The van der Waals surface area contributed by atoms with Gasteiger partial charge in [0.15, 0.2) is 10.8 Å². The lowest BCUT2D eigenvalue weighted by atomic mass is 10.2. The fourth-order valence-electron chi connectivity index (χ4n) is 3.17. The zero-order valence-electron chi connectivity index (χ0n) is 16.5. The van der Waals surface area contributed by atoms with E-state index in [9.17, 15) is 4.79 Å². The molecule has 0 aliphatic carbocycles. The van der Waals surface area contributed by atoms with E-state index in [1.807, 2.05) is 54.9 Å². The summed E-state index contributed by atoms with van der Waals surface area (Å²) in [4.78, 5) is 24.0. The van der Waals surface area contributed by atoms with Crippen LogP contribution in [0.4, 0.5) is 5.13 Å². The minimum atomic E-state index is -0.192. The number of fused-ring (bicyclic) bond motifs is 1. The van der Waals surface area contributed by atoms with Gasteiger partial charge in [-0.25, -0.2) is 4.98 Å². The predicted molar refractivity (Wildman–Crippen MR) is 114 cm³/mol. The van der Waals surface area contributed by atoms with Gasteiger partial charge in [-0.05, 0) is 43.7 Å². The first-order valence-electron chi connectivity index (χ1n) is 9.29. The van der Waals surface area contributed by atoms with E-state index in [1.165, 1.54) is 11.3 Å². The van der Waals surface area contributed by atoms with Gasteiger partial charge >= 0.3 is 0 Å². The first-order valence-corrected chi connectivity index (χ1v) is 10.1. The molecule has 7 nitrogen and oxygen atoms in total. The Morgan fingerprint density at radius 3 is 2.83 bits per heavy atom. The number of anilines is 1. The highest BCUT2D eigenvalue weighted by Gasteiger charge is 2.25. The normalized spacial score (nSPS) is 11.0. The third kappa shape index (κ3) is 3.71. The van der Waals surface area contributed by atoms with Gasteiger partial charge in [0.25, 0.3) is 5.91 Å². The highest BCUT2D eigenvalue weighted by atomic mass is 32.1. The molecule has 4 aromatic rings. The number of hydrogen-bond donors (Lipinski definition) is 0. The predicted octanol–water partition coefficient (Wildman–Crippen LogP) is 4.07. The van der Waals surface area contributed by atoms with Crippen LogP contribution in [0.3, 0.4) is 0 Å². The van der Waals surface area contributed by atoms with Gasteiger partial charge in [-0.2, -0.15) is 5.10 Å². The van der Waals surface area contributed by atoms with Crippen LogP contribution in [0.2, 0.25) is 0 Å². The maximum absolute atomic E-state index is 13.4. The van der Waals surface area contributed by atoms with Crippen molar-refractivity contribution in [3.8, 4) is 5.75 Å². The van der Waals surface area contributed by atoms with Crippen LogP contribution < -0.4 is 9.64 Å². The maximum Gasteiger partial charge on any atom is 0.280 e. The molecule has 0 N–H and O–H groups in total. The van der Waals surface area contributed by atoms with Crippen molar-refractivity contribution in [1.82, 2.24) is 19.7 Å². The van der Waals surface area contributed by atoms with E-state index in [0.717, 1.165) is 21.5 Å². The number of methoxy groups -OCH3 is 1. The Labute approximate surface area is 172 Å². The summed E-state index contributed by atoms with van der Waals surface area (Å²) in [6, 6.07) is 11.4. The van der Waals surface area contributed by atoms with E-state index in [-0.39, 0.29) is 5.91 Å². The lowest BCUT2D eigenvalue weighted by Gasteiger charge is -2.18. The Morgan fingerprint density at radius 2 is 2.14 bits per heavy atom. The number of carbonyl (C=O) groups excluding carboxylic acids is 1. The van der Waals surface area contributed by atoms with E-state index in [0.29, 0.717) is 29.7 Å². The van der Waals surface area contributed by atoms with Crippen LogP contribution in [0.1, 0.15) is 28.7 Å². The van der Waals surface area contributed by atoms with Crippen LogP contribution >= 0.6 is 11.3 Å². The van der Waals surface area contributed by atoms with Gasteiger partial charge in [0.2, 0.25) is 0 Å². The summed E-state index contributed by atoms with van der Waals surface area (Å²) in [7, 11) is 1.62. The number of amides is 1. The molecule has 0 atom stereocenters. The van der Waals surface area contributed by atoms with Gasteiger partial charge < -0.3 is 4.74 Å². The second-order valence-corrected chi connectivity index (χ2v) is 7.55. The average Bonchev–Trinajstić information content (AvgIpc) is 3.35. The summed E-state index contributed by atoms with van der Waals surface area (Å²) in [5.41, 5.74) is 3.01. The molecule has 3 aromatic heterocycles. The van der Waals surface area contributed by atoms with E-state index in [4.69, 9.17) is 9.72 Å². The number of benzene rings is 1. The molecular weight excluding hydrogens is 386 g/mol. The van der Waals surface area contributed by atoms with Crippen molar-refractivity contribution in [2.45, 2.75) is 26.9 Å². The second kappa shape index (κ2) is 8.00. The Bertz CT molecular complexity index is 1150. The van der Waals surface area contributed by atoms with Gasteiger partial charge in [-0.15, -0.1) is 0 Å². The molecule has 0 aliphatic rings. The number of aryl methyl sites for hydroxylation is 2. The molecule has 1 aromatic carbocycles. The SMILES string of the molecule is CCn1nc(C(=O)N(Cc2cccnc2)c2nc3c(OC)cccc3s2)cc1C. The largest absolute Gasteiger partial charge is 0.494 e. The standard InChI is InChI=1S/C21H21N5O2S/c1-4-26-14(2)11-16(24-26)20(27)25(13-15-7-6-10-22-12-15)21-23-19-17(28-3)8-5-9-18(19)29-21/h5-12H,4,13H2,1-3H3. The average molecular weight is 407 g/mol. The van der Waals surface area contributed by atoms with E-state index < -0.39 is 0 Å². The summed E-state index contributed by atoms with van der Waals surface area (Å²) in [5, 5.41) is 5.06. The number of pyridine rings is 1. The first-order chi connectivity index (χ1) is 14.1. The molecule has 0 saturated carbocycles. The smallest absolute Gasteiger partial charge is 0.280 e. The quantitative estimate of drug-likeness (QED) is 0.482. The van der Waals surface area contributed by atoms with Crippen LogP contribution in [-0.4, -0.2) is 32.8 Å². The number of aromatic nitrogens is 4. The van der Waals surface area contributed by atoms with E-state index in [2.05, 4.69) is 10.1 Å². The lowest BCUT2D eigenvalue weighted by molar-refractivity contribution is 0.0979. The number of para-hydroxylation sites is 1. The Morgan fingerprint density at radius 1 is 1.28 bits per heavy atom. The van der Waals surface area contributed by atoms with Crippen molar-refractivity contribution >= 4 is 32.6 Å². The van der Waals surface area contributed by atoms with Crippen molar-refractivity contribution in [3.05, 3.63) is 65.7 Å². The number of carbonyl (C=O) groups is 1. The number of ether oxygens (including phenoxy) is 1. The van der Waals surface area contributed by atoms with E-state index >= 15 is 0 Å². The van der Waals surface area contributed by atoms with Gasteiger partial charge in [-0.1, -0.05) is 23.5 Å². The van der Waals surface area contributed by atoms with Crippen molar-refractivity contribution in [2.75, 3.05) is 12.0 Å². The van der Waals surface area contributed by atoms with Crippen LogP contribution in [-0.2, 0) is 13.1 Å². The highest BCUT2D eigenvalue weighted by Crippen LogP contribution is 2.35. The molecule has 148 valence electrons. The van der Waals surface area contributed by atoms with Gasteiger partial charge in [-0.3, -0.25) is 19.4 Å². The third-order valence-corrected chi connectivity index (χ3v) is 5.67. The van der Waals surface area contributed by atoms with Gasteiger partial charge in [0, 0.05) is 24.6 Å². The fraction of sp³-hybridized carbons (Fsp3) is 0.238. The summed E-state index contributed by atoms with van der Waals surface area (Å²) >= 11 is 1.45. The zero-order valence-corrected chi connectivity index (χ0v) is 17.3. The zero-order chi connectivity index (χ0) is 20.4. The summed E-state index contributed by atoms with van der Waals surface area (Å²) in [6.45, 7) is 5.01. The van der Waals surface area contributed by atoms with Gasteiger partial charge in [0.05, 0.1) is 18.4 Å². The van der Waals surface area contributed by atoms with Crippen LogP contribution in [0.15, 0.2) is 48.8 Å². The van der Waals surface area contributed by atoms with Gasteiger partial charge in [0.1, 0.15) is 11.3 Å². The lowest BCUT2D eigenvalue weighted by Crippen LogP contribution is -2.30. The van der Waals surface area contributed by atoms with Crippen LogP contribution in [0, 0.1) is 6.92 Å². The number of rotatable bonds is 6. The minimum absolute atomic E-state index is 0.192. The fourth-order valence-corrected chi connectivity index (χ4v) is 4.15. The molecule has 1 amide bonds. The topological polar surface area (TPSA) is 73.1 Å². The highest BCUT2D eigenvalue weighted by molar-refractivity contribution is 7.22. The molecule has 3 heterocycles. The Kier molecular flexibility index (Phi) is 5.26. The molecule has 0 saturated heterocycles. The Hall–Kier alpha value is -3.26. The molecular formula is C21H21N5O2S.